The van der Waals surface area contributed by atoms with Gasteiger partial charge in [-0.15, -0.1) is 23.2 Å². The van der Waals surface area contributed by atoms with Gasteiger partial charge in [0.05, 0.1) is 0 Å². The molecule has 1 rings (SSSR count). The standard InChI is InChI=1S/C10H11Cl2F2NO2S/c11-3-5-15(6-4-12)18(16,17)10-2-1-8(13)7-9(10)14/h1-2,7H,3-6H2. The van der Waals surface area contributed by atoms with Crippen molar-refractivity contribution in [2.24, 2.45) is 0 Å². The minimum atomic E-state index is -4.05. The van der Waals surface area contributed by atoms with Crippen molar-refractivity contribution in [3.05, 3.63) is 29.8 Å². The minimum absolute atomic E-state index is 0.00737. The molecule has 0 aromatic heterocycles. The summed E-state index contributed by atoms with van der Waals surface area (Å²) in [4.78, 5) is -0.584. The van der Waals surface area contributed by atoms with Crippen LogP contribution in [-0.2, 0) is 10.0 Å². The number of rotatable bonds is 6. The Morgan fingerprint density at radius 2 is 1.67 bits per heavy atom. The zero-order chi connectivity index (χ0) is 13.8. The topological polar surface area (TPSA) is 37.4 Å². The molecule has 3 nitrogen and oxygen atoms in total. The van der Waals surface area contributed by atoms with Crippen molar-refractivity contribution in [2.45, 2.75) is 4.90 Å². The summed E-state index contributed by atoms with van der Waals surface area (Å²) in [6.45, 7) is 0.0147. The van der Waals surface area contributed by atoms with Crippen molar-refractivity contribution >= 4 is 33.2 Å². The lowest BCUT2D eigenvalue weighted by Gasteiger charge is -2.20. The molecule has 0 atom stereocenters. The summed E-state index contributed by atoms with van der Waals surface area (Å²) in [5.74, 6) is -1.87. The molecule has 1 aromatic rings. The highest BCUT2D eigenvalue weighted by Crippen LogP contribution is 2.20. The molecule has 0 heterocycles. The number of alkyl halides is 2. The number of nitrogens with zero attached hydrogens (tertiary/aromatic N) is 1. The second-order valence-corrected chi connectivity index (χ2v) is 6.02. The Bertz CT molecular complexity index is 505. The maximum absolute atomic E-state index is 13.5. The molecule has 102 valence electrons. The van der Waals surface area contributed by atoms with Gasteiger partial charge in [0, 0.05) is 30.9 Å². The largest absolute Gasteiger partial charge is 0.246 e. The highest BCUT2D eigenvalue weighted by Gasteiger charge is 2.26. The molecular weight excluding hydrogens is 307 g/mol. The first-order valence-electron chi connectivity index (χ1n) is 5.00. The number of hydrogen-bond donors (Lipinski definition) is 0. The molecule has 0 bridgehead atoms. The summed E-state index contributed by atoms with van der Waals surface area (Å²) in [6, 6.07) is 2.29. The highest BCUT2D eigenvalue weighted by atomic mass is 35.5. The fourth-order valence-corrected chi connectivity index (χ4v) is 3.46. The summed E-state index contributed by atoms with van der Waals surface area (Å²) in [5.41, 5.74) is 0. The zero-order valence-electron chi connectivity index (χ0n) is 9.24. The molecule has 0 amide bonds. The normalized spacial score (nSPS) is 12.1. The van der Waals surface area contributed by atoms with E-state index >= 15 is 0 Å². The molecule has 0 fully saturated rings. The first-order chi connectivity index (χ1) is 8.43. The summed E-state index contributed by atoms with van der Waals surface area (Å²) >= 11 is 11.0. The molecule has 8 heteroatoms. The van der Waals surface area contributed by atoms with E-state index in [0.29, 0.717) is 6.07 Å². The van der Waals surface area contributed by atoms with E-state index < -0.39 is 26.6 Å². The van der Waals surface area contributed by atoms with Gasteiger partial charge in [-0.1, -0.05) is 0 Å². The van der Waals surface area contributed by atoms with Crippen LogP contribution in [0.1, 0.15) is 0 Å². The predicted octanol–water partition coefficient (Wildman–Crippen LogP) is 2.43. The van der Waals surface area contributed by atoms with E-state index in [-0.39, 0.29) is 24.8 Å². The first-order valence-corrected chi connectivity index (χ1v) is 7.51. The summed E-state index contributed by atoms with van der Waals surface area (Å²) in [6.07, 6.45) is 0. The Hall–Kier alpha value is -0.430. The molecule has 1 aromatic carbocycles. The quantitative estimate of drug-likeness (QED) is 0.756. The highest BCUT2D eigenvalue weighted by molar-refractivity contribution is 7.89. The lowest BCUT2D eigenvalue weighted by molar-refractivity contribution is 0.442. The van der Waals surface area contributed by atoms with Crippen LogP contribution in [0.5, 0.6) is 0 Å². The molecular formula is C10H11Cl2F2NO2S. The van der Waals surface area contributed by atoms with Crippen molar-refractivity contribution in [1.82, 2.24) is 4.31 Å². The number of sulfonamides is 1. The smallest absolute Gasteiger partial charge is 0.207 e. The molecule has 0 radical (unpaired) electrons. The van der Waals surface area contributed by atoms with Crippen LogP contribution in [-0.4, -0.2) is 37.6 Å². The van der Waals surface area contributed by atoms with E-state index in [0.717, 1.165) is 16.4 Å². The summed E-state index contributed by atoms with van der Waals surface area (Å²) in [5, 5.41) is 0. The van der Waals surface area contributed by atoms with Crippen LogP contribution in [0, 0.1) is 11.6 Å². The van der Waals surface area contributed by atoms with Gasteiger partial charge in [-0.3, -0.25) is 0 Å². The van der Waals surface area contributed by atoms with Gasteiger partial charge in [-0.2, -0.15) is 4.31 Å². The molecule has 0 unspecified atom stereocenters. The third kappa shape index (κ3) is 3.54. The molecule has 18 heavy (non-hydrogen) atoms. The maximum Gasteiger partial charge on any atom is 0.246 e. The summed E-state index contributed by atoms with van der Waals surface area (Å²) < 4.78 is 51.4. The van der Waals surface area contributed by atoms with Gasteiger partial charge < -0.3 is 0 Å². The lowest BCUT2D eigenvalue weighted by atomic mass is 10.3. The Kier molecular flexibility index (Phi) is 5.78. The van der Waals surface area contributed by atoms with Crippen LogP contribution in [0.4, 0.5) is 8.78 Å². The number of halogens is 4. The number of benzene rings is 1. The van der Waals surface area contributed by atoms with E-state index in [4.69, 9.17) is 23.2 Å². The molecule has 0 aliphatic heterocycles. The molecule has 0 N–H and O–H groups in total. The SMILES string of the molecule is O=S(=O)(c1ccc(F)cc1F)N(CCCl)CCCl. The summed E-state index contributed by atoms with van der Waals surface area (Å²) in [7, 11) is -4.05. The maximum atomic E-state index is 13.5. The average Bonchev–Trinajstić information content (AvgIpc) is 2.28. The van der Waals surface area contributed by atoms with Crippen LogP contribution >= 0.6 is 23.2 Å². The molecule has 0 saturated heterocycles. The van der Waals surface area contributed by atoms with Crippen molar-refractivity contribution < 1.29 is 17.2 Å². The zero-order valence-corrected chi connectivity index (χ0v) is 11.6. The van der Waals surface area contributed by atoms with E-state index in [1.807, 2.05) is 0 Å². The van der Waals surface area contributed by atoms with Gasteiger partial charge in [0.1, 0.15) is 16.5 Å². The van der Waals surface area contributed by atoms with Gasteiger partial charge in [0.2, 0.25) is 10.0 Å². The van der Waals surface area contributed by atoms with Gasteiger partial charge in [-0.05, 0) is 12.1 Å². The van der Waals surface area contributed by atoms with Crippen LogP contribution < -0.4 is 0 Å². The molecule has 0 saturated carbocycles. The monoisotopic (exact) mass is 317 g/mol. The van der Waals surface area contributed by atoms with Crippen LogP contribution in [0.2, 0.25) is 0 Å². The Balaban J connectivity index is 3.17. The third-order valence-electron chi connectivity index (χ3n) is 2.18. The second kappa shape index (κ2) is 6.65. The van der Waals surface area contributed by atoms with E-state index in [1.165, 1.54) is 0 Å². The predicted molar refractivity (Wildman–Crippen MR) is 66.6 cm³/mol. The fourth-order valence-electron chi connectivity index (χ4n) is 1.36. The van der Waals surface area contributed by atoms with Crippen molar-refractivity contribution in [1.29, 1.82) is 0 Å². The van der Waals surface area contributed by atoms with Crippen molar-refractivity contribution in [3.8, 4) is 0 Å². The number of hydrogen-bond acceptors (Lipinski definition) is 2. The first kappa shape index (κ1) is 15.6. The average molecular weight is 318 g/mol. The molecule has 0 aliphatic rings. The van der Waals surface area contributed by atoms with Crippen molar-refractivity contribution in [2.75, 3.05) is 24.8 Å². The third-order valence-corrected chi connectivity index (χ3v) is 4.45. The molecule has 0 spiro atoms. The van der Waals surface area contributed by atoms with Gasteiger partial charge in [0.25, 0.3) is 0 Å². The van der Waals surface area contributed by atoms with Crippen LogP contribution in [0.25, 0.3) is 0 Å². The Morgan fingerprint density at radius 3 is 2.11 bits per heavy atom. The van der Waals surface area contributed by atoms with Crippen LogP contribution in [0.15, 0.2) is 23.1 Å². The van der Waals surface area contributed by atoms with E-state index in [1.54, 1.807) is 0 Å². The second-order valence-electron chi connectivity index (χ2n) is 3.36. The fraction of sp³-hybridized carbons (Fsp3) is 0.400. The van der Waals surface area contributed by atoms with Gasteiger partial charge in [-0.25, -0.2) is 17.2 Å². The molecule has 0 aliphatic carbocycles. The van der Waals surface area contributed by atoms with E-state index in [2.05, 4.69) is 0 Å². The Labute approximate surface area is 114 Å². The Morgan fingerprint density at radius 1 is 1.11 bits per heavy atom. The van der Waals surface area contributed by atoms with Gasteiger partial charge in [0.15, 0.2) is 0 Å². The minimum Gasteiger partial charge on any atom is -0.207 e. The van der Waals surface area contributed by atoms with E-state index in [9.17, 15) is 17.2 Å². The lowest BCUT2D eigenvalue weighted by Crippen LogP contribution is -2.35. The van der Waals surface area contributed by atoms with Gasteiger partial charge >= 0.3 is 0 Å². The van der Waals surface area contributed by atoms with Crippen molar-refractivity contribution in [3.63, 3.8) is 0 Å². The van der Waals surface area contributed by atoms with Crippen LogP contribution in [0.3, 0.4) is 0 Å².